The Morgan fingerprint density at radius 1 is 0.433 bits per heavy atom. The van der Waals surface area contributed by atoms with Crippen LogP contribution in [0.15, 0.2) is 60.8 Å². The van der Waals surface area contributed by atoms with Crippen LogP contribution >= 0.6 is 0 Å². The summed E-state index contributed by atoms with van der Waals surface area (Å²) in [6.45, 7) is 6.47. The molecule has 0 aromatic carbocycles. The van der Waals surface area contributed by atoms with Gasteiger partial charge in [-0.3, -0.25) is 9.59 Å². The molecule has 3 unspecified atom stereocenters. The molecule has 0 spiro atoms. The van der Waals surface area contributed by atoms with Crippen molar-refractivity contribution < 1.29 is 24.5 Å². The average Bonchev–Trinajstić information content (AvgIpc) is 3.32. The van der Waals surface area contributed by atoms with Crippen LogP contribution in [0.2, 0.25) is 0 Å². The standard InChI is InChI=1S/C61H111NO5/c1-4-7-10-13-16-19-22-25-28-30-31-33-36-39-42-45-48-51-54-61(66)67-57(52-49-46-43-40-37-34-27-24-21-18-15-12-9-6-3)55-60(65)62-58(56-63)59(64)53-50-47-44-41-38-35-32-29-26-23-20-17-14-11-8-5-2/h22,25,28,30-31,33-34,37,40,43,57-59,63-64H,4-21,23-24,26-27,29,32,35-36,38-39,41-42,44-56H2,1-3H3,(H,62,65)/b25-22+,30-28+,33-31+,37-34+,43-40+. The maximum Gasteiger partial charge on any atom is 0.306 e. The minimum Gasteiger partial charge on any atom is -0.462 e. The van der Waals surface area contributed by atoms with E-state index >= 15 is 0 Å². The van der Waals surface area contributed by atoms with Crippen LogP contribution in [0.3, 0.4) is 0 Å². The summed E-state index contributed by atoms with van der Waals surface area (Å²) < 4.78 is 5.92. The normalized spacial score (nSPS) is 13.6. The van der Waals surface area contributed by atoms with Crippen molar-refractivity contribution in [2.45, 2.75) is 309 Å². The molecule has 0 heterocycles. The number of carbonyl (C=O) groups is 2. The molecule has 67 heavy (non-hydrogen) atoms. The number of esters is 1. The van der Waals surface area contributed by atoms with Gasteiger partial charge < -0.3 is 20.3 Å². The number of hydrogen-bond donors (Lipinski definition) is 3. The Bertz CT molecular complexity index is 1190. The van der Waals surface area contributed by atoms with Crippen LogP contribution in [0.5, 0.6) is 0 Å². The molecule has 3 atom stereocenters. The van der Waals surface area contributed by atoms with Crippen molar-refractivity contribution in [3.05, 3.63) is 60.8 Å². The number of amides is 1. The Kier molecular flexibility index (Phi) is 52.5. The summed E-state index contributed by atoms with van der Waals surface area (Å²) in [7, 11) is 0. The number of hydrogen-bond acceptors (Lipinski definition) is 5. The predicted octanol–water partition coefficient (Wildman–Crippen LogP) is 18.0. The van der Waals surface area contributed by atoms with E-state index in [1.165, 1.54) is 167 Å². The van der Waals surface area contributed by atoms with Gasteiger partial charge in [0.05, 0.1) is 25.2 Å². The van der Waals surface area contributed by atoms with Crippen molar-refractivity contribution in [1.29, 1.82) is 0 Å². The first kappa shape index (κ1) is 64.6. The summed E-state index contributed by atoms with van der Waals surface area (Å²) in [6.07, 6.45) is 68.6. The van der Waals surface area contributed by atoms with E-state index < -0.39 is 18.2 Å². The molecule has 0 aromatic heterocycles. The van der Waals surface area contributed by atoms with E-state index in [0.717, 1.165) is 77.0 Å². The molecule has 390 valence electrons. The Morgan fingerprint density at radius 2 is 0.776 bits per heavy atom. The van der Waals surface area contributed by atoms with Crippen LogP contribution in [-0.2, 0) is 14.3 Å². The lowest BCUT2D eigenvalue weighted by Crippen LogP contribution is -2.46. The number of unbranched alkanes of at least 4 members (excludes halogenated alkanes) is 33. The minimum atomic E-state index is -0.805. The average molecular weight is 939 g/mol. The van der Waals surface area contributed by atoms with Crippen LogP contribution in [-0.4, -0.2) is 46.9 Å². The van der Waals surface area contributed by atoms with Gasteiger partial charge in [0, 0.05) is 6.42 Å². The maximum atomic E-state index is 13.3. The first-order valence-corrected chi connectivity index (χ1v) is 29.1. The fourth-order valence-corrected chi connectivity index (χ4v) is 8.72. The molecule has 0 aromatic rings. The third-order valence-corrected chi connectivity index (χ3v) is 13.2. The van der Waals surface area contributed by atoms with Crippen molar-refractivity contribution in [3.8, 4) is 0 Å². The van der Waals surface area contributed by atoms with E-state index in [9.17, 15) is 19.8 Å². The first-order valence-electron chi connectivity index (χ1n) is 29.1. The molecule has 6 heteroatoms. The number of nitrogens with one attached hydrogen (secondary N) is 1. The lowest BCUT2D eigenvalue weighted by Gasteiger charge is -2.24. The molecule has 1 amide bonds. The molecule has 6 nitrogen and oxygen atoms in total. The lowest BCUT2D eigenvalue weighted by molar-refractivity contribution is -0.151. The molecular formula is C61H111NO5. The first-order chi connectivity index (χ1) is 33.0. The number of allylic oxidation sites excluding steroid dienone is 10. The van der Waals surface area contributed by atoms with Crippen LogP contribution in [0.4, 0.5) is 0 Å². The molecule has 0 bridgehead atoms. The second kappa shape index (κ2) is 54.5. The second-order valence-corrected chi connectivity index (χ2v) is 19.8. The van der Waals surface area contributed by atoms with Gasteiger partial charge >= 0.3 is 5.97 Å². The zero-order chi connectivity index (χ0) is 48.8. The molecule has 0 aliphatic carbocycles. The number of ether oxygens (including phenoxy) is 1. The van der Waals surface area contributed by atoms with E-state index in [-0.39, 0.29) is 24.9 Å². The van der Waals surface area contributed by atoms with Crippen LogP contribution in [0.25, 0.3) is 0 Å². The Labute approximate surface area is 416 Å². The summed E-state index contributed by atoms with van der Waals surface area (Å²) in [5.41, 5.74) is 0. The Morgan fingerprint density at radius 3 is 1.18 bits per heavy atom. The monoisotopic (exact) mass is 938 g/mol. The molecule has 0 radical (unpaired) electrons. The maximum absolute atomic E-state index is 13.3. The highest BCUT2D eigenvalue weighted by molar-refractivity contribution is 5.77. The molecule has 3 N–H and O–H groups in total. The molecule has 0 aliphatic rings. The van der Waals surface area contributed by atoms with E-state index in [1.54, 1.807) is 0 Å². The quantitative estimate of drug-likeness (QED) is 0.0321. The molecule has 0 saturated heterocycles. The summed E-state index contributed by atoms with van der Waals surface area (Å²) in [6, 6.07) is -0.722. The fourth-order valence-electron chi connectivity index (χ4n) is 8.72. The van der Waals surface area contributed by atoms with Crippen molar-refractivity contribution in [2.75, 3.05) is 6.61 Å². The second-order valence-electron chi connectivity index (χ2n) is 19.8. The van der Waals surface area contributed by atoms with Gasteiger partial charge in [0.25, 0.3) is 0 Å². The highest BCUT2D eigenvalue weighted by Crippen LogP contribution is 2.17. The van der Waals surface area contributed by atoms with E-state index in [2.05, 4.69) is 86.8 Å². The summed E-state index contributed by atoms with van der Waals surface area (Å²) >= 11 is 0. The van der Waals surface area contributed by atoms with Gasteiger partial charge in [-0.1, -0.05) is 268 Å². The predicted molar refractivity (Wildman–Crippen MR) is 292 cm³/mol. The van der Waals surface area contributed by atoms with Gasteiger partial charge in [-0.2, -0.15) is 0 Å². The SMILES string of the molecule is CCCCCCC/C=C/C=C/C=C/CCCCCCCC(=O)OC(CCC/C=C/C=C/CCCCCCCCC)CC(=O)NC(CO)C(O)CCCCCCCCCCCCCCCCCC. The van der Waals surface area contributed by atoms with Gasteiger partial charge in [0.1, 0.15) is 6.10 Å². The third-order valence-electron chi connectivity index (χ3n) is 13.2. The van der Waals surface area contributed by atoms with Crippen LogP contribution in [0, 0.1) is 0 Å². The zero-order valence-corrected chi connectivity index (χ0v) is 44.5. The number of aliphatic hydroxyl groups is 2. The van der Waals surface area contributed by atoms with Crippen molar-refractivity contribution >= 4 is 11.9 Å². The van der Waals surface area contributed by atoms with Gasteiger partial charge in [-0.15, -0.1) is 0 Å². The zero-order valence-electron chi connectivity index (χ0n) is 44.5. The van der Waals surface area contributed by atoms with Crippen molar-refractivity contribution in [2.24, 2.45) is 0 Å². The van der Waals surface area contributed by atoms with Gasteiger partial charge in [0.15, 0.2) is 0 Å². The number of rotatable bonds is 52. The fraction of sp³-hybridized carbons (Fsp3) is 0.803. The number of carbonyl (C=O) groups excluding carboxylic acids is 2. The minimum absolute atomic E-state index is 0.0359. The topological polar surface area (TPSA) is 95.9 Å². The van der Waals surface area contributed by atoms with E-state index in [0.29, 0.717) is 19.3 Å². The smallest absolute Gasteiger partial charge is 0.306 e. The largest absolute Gasteiger partial charge is 0.462 e. The molecule has 0 aliphatic heterocycles. The lowest BCUT2D eigenvalue weighted by atomic mass is 10.0. The van der Waals surface area contributed by atoms with Gasteiger partial charge in [-0.05, 0) is 70.6 Å². The molecule has 0 fully saturated rings. The van der Waals surface area contributed by atoms with E-state index in [1.807, 2.05) is 0 Å². The third kappa shape index (κ3) is 49.8. The summed E-state index contributed by atoms with van der Waals surface area (Å²) in [5, 5.41) is 23.9. The van der Waals surface area contributed by atoms with E-state index in [4.69, 9.17) is 4.74 Å². The van der Waals surface area contributed by atoms with Gasteiger partial charge in [-0.25, -0.2) is 0 Å². The highest BCUT2D eigenvalue weighted by atomic mass is 16.5. The number of aliphatic hydroxyl groups excluding tert-OH is 2. The van der Waals surface area contributed by atoms with Gasteiger partial charge in [0.2, 0.25) is 5.91 Å². The molecule has 0 saturated carbocycles. The van der Waals surface area contributed by atoms with Crippen LogP contribution < -0.4 is 5.32 Å². The summed E-state index contributed by atoms with van der Waals surface area (Å²) in [4.78, 5) is 26.2. The van der Waals surface area contributed by atoms with Crippen molar-refractivity contribution in [3.63, 3.8) is 0 Å². The Balaban J connectivity index is 4.62. The highest BCUT2D eigenvalue weighted by Gasteiger charge is 2.24. The molecular weight excluding hydrogens is 827 g/mol. The molecule has 0 rings (SSSR count). The Hall–Kier alpha value is -2.44. The van der Waals surface area contributed by atoms with Crippen molar-refractivity contribution in [1.82, 2.24) is 5.32 Å². The summed E-state index contributed by atoms with van der Waals surface area (Å²) in [5.74, 6) is -0.537. The van der Waals surface area contributed by atoms with Crippen LogP contribution in [0.1, 0.15) is 290 Å².